The molecule has 0 spiro atoms. The van der Waals surface area contributed by atoms with E-state index in [1.165, 1.54) is 0 Å². The normalized spacial score (nSPS) is 16.7. The van der Waals surface area contributed by atoms with Gasteiger partial charge in [-0.25, -0.2) is 18.3 Å². The van der Waals surface area contributed by atoms with Crippen molar-refractivity contribution in [3.63, 3.8) is 0 Å². The third-order valence-electron chi connectivity index (χ3n) is 2.01. The van der Waals surface area contributed by atoms with Gasteiger partial charge in [-0.3, -0.25) is 4.79 Å². The maximum Gasteiger partial charge on any atom is 0.371 e. The van der Waals surface area contributed by atoms with E-state index < -0.39 is 51.1 Å². The molecule has 0 saturated heterocycles. The lowest BCUT2D eigenvalue weighted by atomic mass is 10.1. The molecule has 0 aromatic carbocycles. The van der Waals surface area contributed by atoms with Gasteiger partial charge in [-0.05, 0) is 0 Å². The van der Waals surface area contributed by atoms with Gasteiger partial charge < -0.3 is 25.5 Å². The van der Waals surface area contributed by atoms with Crippen molar-refractivity contribution in [3.8, 4) is 0 Å². The summed E-state index contributed by atoms with van der Waals surface area (Å²) in [6, 6.07) is 0. The largest absolute Gasteiger partial charge is 0.394 e. The van der Waals surface area contributed by atoms with Crippen LogP contribution in [-0.2, 0) is 23.1 Å². The lowest BCUT2D eigenvalue weighted by Gasteiger charge is -2.22. The summed E-state index contributed by atoms with van der Waals surface area (Å²) in [6.07, 6.45) is -7.10. The van der Waals surface area contributed by atoms with Crippen molar-refractivity contribution in [2.75, 3.05) is 6.61 Å². The fourth-order valence-corrected chi connectivity index (χ4v) is 2.08. The molecule has 0 aliphatic rings. The van der Waals surface area contributed by atoms with Crippen LogP contribution in [0.25, 0.3) is 0 Å². The number of aliphatic hydroxyl groups excluding tert-OH is 4. The average molecular weight is 304 g/mol. The Hall–Kier alpha value is -0.730. The van der Waals surface area contributed by atoms with E-state index >= 15 is 0 Å². The number of rotatable bonds is 7. The van der Waals surface area contributed by atoms with Gasteiger partial charge in [-0.15, -0.1) is 0 Å². The van der Waals surface area contributed by atoms with Crippen LogP contribution in [0, 0.1) is 0 Å². The Kier molecular flexibility index (Phi) is 6.18. The van der Waals surface area contributed by atoms with Gasteiger partial charge in [-0.1, -0.05) is 0 Å². The summed E-state index contributed by atoms with van der Waals surface area (Å²) in [5, 5.41) is 40.8. The van der Waals surface area contributed by atoms with E-state index in [0.717, 1.165) is 0 Å². The van der Waals surface area contributed by atoms with Crippen molar-refractivity contribution in [1.29, 1.82) is 0 Å². The molecule has 10 nitrogen and oxygen atoms in total. The van der Waals surface area contributed by atoms with E-state index in [-0.39, 0.29) is 0 Å². The van der Waals surface area contributed by atoms with E-state index in [4.69, 9.17) is 25.5 Å². The Labute approximate surface area is 101 Å². The Bertz CT molecular complexity index is 413. The van der Waals surface area contributed by atoms with E-state index in [1.807, 2.05) is 0 Å². The number of Topliss-reactive ketones (excluding diaryl/α,β-unsaturated/α-hetero) is 1. The topological polar surface area (TPSA) is 186 Å². The highest BCUT2D eigenvalue weighted by Gasteiger charge is 2.54. The van der Waals surface area contributed by atoms with E-state index in [1.54, 1.807) is 0 Å². The van der Waals surface area contributed by atoms with Crippen molar-refractivity contribution >= 4 is 21.1 Å². The van der Waals surface area contributed by atoms with Gasteiger partial charge in [0.1, 0.15) is 18.3 Å². The number of hydrogen-bond donors (Lipinski definition) is 5. The molecule has 0 rings (SSSR count). The molecule has 0 heterocycles. The number of carbonyl (C=O) groups is 1. The molecule has 0 bridgehead atoms. The first-order valence-corrected chi connectivity index (χ1v) is 6.66. The van der Waals surface area contributed by atoms with Gasteiger partial charge in [0.2, 0.25) is 5.78 Å². The molecule has 0 unspecified atom stereocenters. The average Bonchev–Trinajstić information content (AvgIpc) is 2.33. The van der Waals surface area contributed by atoms with Gasteiger partial charge in [0.25, 0.3) is 0 Å². The van der Waals surface area contributed by atoms with Gasteiger partial charge in [0.05, 0.1) is 6.61 Å². The molecule has 5 N–H and O–H groups in total. The van der Waals surface area contributed by atoms with Crippen molar-refractivity contribution in [2.24, 2.45) is 0 Å². The van der Waals surface area contributed by atoms with Crippen molar-refractivity contribution in [1.82, 2.24) is 0 Å². The number of hydrogen-bond acceptors (Lipinski definition) is 10. The van der Waals surface area contributed by atoms with Crippen LogP contribution in [0.15, 0.2) is 0 Å². The van der Waals surface area contributed by atoms with E-state index in [9.17, 15) is 23.1 Å². The van der Waals surface area contributed by atoms with Crippen LogP contribution in [0.2, 0.25) is 0 Å². The molecule has 0 aliphatic carbocycles. The predicted octanol–water partition coefficient (Wildman–Crippen LogP) is -2.38. The van der Waals surface area contributed by atoms with Crippen LogP contribution in [0.4, 0.5) is 0 Å². The second-order valence-corrected chi connectivity index (χ2v) is 5.87. The summed E-state index contributed by atoms with van der Waals surface area (Å²) in [5.74, 6) is -2.14. The fraction of sp³-hybridized carbons (Fsp3) is 0.833. The lowest BCUT2D eigenvalue weighted by Crippen LogP contribution is -2.49. The first kappa shape index (κ1) is 17.3. The maximum absolute atomic E-state index is 11.3. The SMILES string of the molecule is O=C([C@@H](O)[C@@H](O)[C@H](O)CO)C(O)(P(=O)=O)P(=O)=O. The van der Waals surface area contributed by atoms with E-state index in [0.29, 0.717) is 0 Å². The molecule has 0 amide bonds. The monoisotopic (exact) mass is 304 g/mol. The van der Waals surface area contributed by atoms with Crippen molar-refractivity contribution in [3.05, 3.63) is 0 Å². The summed E-state index contributed by atoms with van der Waals surface area (Å²) < 4.78 is 42.2. The molecule has 3 atom stereocenters. The minimum Gasteiger partial charge on any atom is -0.394 e. The summed E-state index contributed by atoms with van der Waals surface area (Å²) in [4.78, 5) is 11.3. The second-order valence-electron chi connectivity index (χ2n) is 3.20. The van der Waals surface area contributed by atoms with Crippen LogP contribution in [0.3, 0.4) is 0 Å². The summed E-state index contributed by atoms with van der Waals surface area (Å²) in [7, 11) is -8.42. The van der Waals surface area contributed by atoms with Gasteiger partial charge in [0.15, 0.2) is 0 Å². The fourth-order valence-electron chi connectivity index (χ4n) is 0.919. The molecular formula is C6H10O10P2. The third-order valence-corrected chi connectivity index (χ3v) is 4.45. The zero-order valence-corrected chi connectivity index (χ0v) is 10.4. The minimum atomic E-state index is -4.21. The molecule has 0 aromatic heterocycles. The first-order chi connectivity index (χ1) is 8.10. The summed E-state index contributed by atoms with van der Waals surface area (Å²) in [6.45, 7) is -1.09. The van der Waals surface area contributed by atoms with Crippen LogP contribution in [0.5, 0.6) is 0 Å². The zero-order chi connectivity index (χ0) is 14.7. The van der Waals surface area contributed by atoms with Crippen LogP contribution in [-0.4, -0.2) is 61.3 Å². The number of ketones is 1. The highest BCUT2D eigenvalue weighted by Crippen LogP contribution is 2.42. The molecule has 12 heteroatoms. The standard InChI is InChI=1S/C6H10O10P2/c7-1-2(8)3(9)4(10)5(11)6(12,17(13)14)18(15)16/h2-4,7-10,12H,1H2/t2-,3+,4+/m1/s1. The van der Waals surface area contributed by atoms with Crippen LogP contribution >= 0.6 is 15.4 Å². The van der Waals surface area contributed by atoms with Crippen molar-refractivity contribution < 1.29 is 48.6 Å². The molecule has 0 radical (unpaired) electrons. The molecular weight excluding hydrogens is 294 g/mol. The molecule has 18 heavy (non-hydrogen) atoms. The molecule has 104 valence electrons. The molecule has 0 aromatic rings. The third kappa shape index (κ3) is 3.18. The Morgan fingerprint density at radius 3 is 1.72 bits per heavy atom. The summed E-state index contributed by atoms with van der Waals surface area (Å²) >= 11 is 0. The smallest absolute Gasteiger partial charge is 0.371 e. The second kappa shape index (κ2) is 6.44. The van der Waals surface area contributed by atoms with Crippen molar-refractivity contribution in [2.45, 2.75) is 23.4 Å². The first-order valence-electron chi connectivity index (χ1n) is 4.31. The van der Waals surface area contributed by atoms with Crippen LogP contribution in [0.1, 0.15) is 0 Å². The van der Waals surface area contributed by atoms with Crippen LogP contribution < -0.4 is 0 Å². The van der Waals surface area contributed by atoms with Gasteiger partial charge in [0, 0.05) is 0 Å². The highest BCUT2D eigenvalue weighted by molar-refractivity contribution is 7.54. The summed E-state index contributed by atoms with van der Waals surface area (Å²) in [5.41, 5.74) is 0. The highest BCUT2D eigenvalue weighted by atomic mass is 31.1. The molecule has 0 fully saturated rings. The van der Waals surface area contributed by atoms with Gasteiger partial charge >= 0.3 is 20.4 Å². The predicted molar refractivity (Wildman–Crippen MR) is 51.6 cm³/mol. The molecule has 0 saturated carbocycles. The minimum absolute atomic E-state index is 1.09. The maximum atomic E-state index is 11.3. The zero-order valence-electron chi connectivity index (χ0n) is 8.61. The van der Waals surface area contributed by atoms with E-state index in [2.05, 4.69) is 0 Å². The quantitative estimate of drug-likeness (QED) is 0.318. The lowest BCUT2D eigenvalue weighted by molar-refractivity contribution is -0.146. The Morgan fingerprint density at radius 2 is 1.44 bits per heavy atom. The number of carbonyl (C=O) groups excluding carboxylic acids is 1. The number of aliphatic hydroxyl groups is 5. The Balaban J connectivity index is 5.38. The molecule has 0 aliphatic heterocycles. The Morgan fingerprint density at radius 1 is 1.06 bits per heavy atom. The van der Waals surface area contributed by atoms with Gasteiger partial charge in [-0.2, -0.15) is 0 Å².